The van der Waals surface area contributed by atoms with Crippen molar-refractivity contribution in [3.05, 3.63) is 48.2 Å². The number of hydrogen-bond donors (Lipinski definition) is 2. The van der Waals surface area contributed by atoms with E-state index in [0.717, 1.165) is 36.6 Å². The monoisotopic (exact) mass is 341 g/mol. The maximum atomic E-state index is 11.7. The number of piperidine rings is 1. The summed E-state index contributed by atoms with van der Waals surface area (Å²) in [6, 6.07) is 14.6. The molecule has 0 saturated carbocycles. The summed E-state index contributed by atoms with van der Waals surface area (Å²) in [6.45, 7) is 2.91. The lowest BCUT2D eigenvalue weighted by molar-refractivity contribution is -0.121. The number of hydrogen-bond acceptors (Lipinski definition) is 4. The van der Waals surface area contributed by atoms with Crippen molar-refractivity contribution in [1.82, 2.24) is 10.2 Å². The van der Waals surface area contributed by atoms with Crippen LogP contribution in [0.25, 0.3) is 11.3 Å². The van der Waals surface area contributed by atoms with E-state index in [4.69, 9.17) is 10.2 Å². The van der Waals surface area contributed by atoms with Crippen molar-refractivity contribution < 1.29 is 9.21 Å². The van der Waals surface area contributed by atoms with Gasteiger partial charge < -0.3 is 15.5 Å². The lowest BCUT2D eigenvalue weighted by Crippen LogP contribution is -2.46. The van der Waals surface area contributed by atoms with Crippen molar-refractivity contribution in [3.8, 4) is 11.3 Å². The van der Waals surface area contributed by atoms with Crippen molar-refractivity contribution in [2.24, 2.45) is 5.73 Å². The Kier molecular flexibility index (Phi) is 6.25. The van der Waals surface area contributed by atoms with Gasteiger partial charge in [0.05, 0.1) is 6.54 Å². The van der Waals surface area contributed by atoms with Crippen LogP contribution in [-0.2, 0) is 11.3 Å². The summed E-state index contributed by atoms with van der Waals surface area (Å²) < 4.78 is 6.04. The molecule has 1 fully saturated rings. The molecule has 1 saturated heterocycles. The van der Waals surface area contributed by atoms with Crippen LogP contribution in [0.3, 0.4) is 0 Å². The third kappa shape index (κ3) is 4.94. The minimum absolute atomic E-state index is 0.0392. The first kappa shape index (κ1) is 17.7. The number of rotatable bonds is 7. The van der Waals surface area contributed by atoms with Gasteiger partial charge in [-0.3, -0.25) is 9.69 Å². The summed E-state index contributed by atoms with van der Waals surface area (Å²) in [7, 11) is 0. The van der Waals surface area contributed by atoms with E-state index in [9.17, 15) is 4.79 Å². The molecule has 1 unspecified atom stereocenters. The number of amides is 1. The molecule has 1 aliphatic heterocycles. The Labute approximate surface area is 149 Å². The lowest BCUT2D eigenvalue weighted by atomic mass is 10.0. The summed E-state index contributed by atoms with van der Waals surface area (Å²) in [5, 5.41) is 3.01. The molecule has 0 aliphatic carbocycles. The average Bonchev–Trinajstić information content (AvgIpc) is 3.11. The van der Waals surface area contributed by atoms with Crippen molar-refractivity contribution in [3.63, 3.8) is 0 Å². The van der Waals surface area contributed by atoms with Crippen LogP contribution in [0, 0.1) is 0 Å². The van der Waals surface area contributed by atoms with E-state index < -0.39 is 0 Å². The molecule has 1 aromatic carbocycles. The van der Waals surface area contributed by atoms with Gasteiger partial charge in [0.15, 0.2) is 0 Å². The molecular formula is C20H27N3O2. The number of carbonyl (C=O) groups excluding carboxylic acids is 1. The Morgan fingerprint density at radius 2 is 2.04 bits per heavy atom. The summed E-state index contributed by atoms with van der Waals surface area (Å²) in [4.78, 5) is 14.1. The van der Waals surface area contributed by atoms with Crippen molar-refractivity contribution >= 4 is 5.91 Å². The summed E-state index contributed by atoms with van der Waals surface area (Å²) in [5.74, 6) is 1.91. The predicted molar refractivity (Wildman–Crippen MR) is 98.9 cm³/mol. The number of nitrogens with one attached hydrogen (secondary N) is 1. The Balaban J connectivity index is 1.60. The molecule has 2 heterocycles. The van der Waals surface area contributed by atoms with Crippen LogP contribution in [-0.4, -0.2) is 36.5 Å². The zero-order valence-corrected chi connectivity index (χ0v) is 14.6. The molecule has 3 rings (SSSR count). The zero-order valence-electron chi connectivity index (χ0n) is 14.6. The van der Waals surface area contributed by atoms with Gasteiger partial charge in [0.2, 0.25) is 5.91 Å². The highest BCUT2D eigenvalue weighted by atomic mass is 16.3. The third-order valence-corrected chi connectivity index (χ3v) is 4.73. The fourth-order valence-electron chi connectivity index (χ4n) is 3.37. The van der Waals surface area contributed by atoms with Gasteiger partial charge in [-0.2, -0.15) is 0 Å². The Morgan fingerprint density at radius 3 is 2.84 bits per heavy atom. The van der Waals surface area contributed by atoms with Gasteiger partial charge in [0.25, 0.3) is 0 Å². The van der Waals surface area contributed by atoms with Gasteiger partial charge in [-0.15, -0.1) is 0 Å². The van der Waals surface area contributed by atoms with Crippen molar-refractivity contribution in [2.45, 2.75) is 38.3 Å². The number of carbonyl (C=O) groups is 1. The van der Waals surface area contributed by atoms with Crippen LogP contribution in [0.4, 0.5) is 0 Å². The second-order valence-electron chi connectivity index (χ2n) is 6.59. The van der Waals surface area contributed by atoms with Gasteiger partial charge >= 0.3 is 0 Å². The summed E-state index contributed by atoms with van der Waals surface area (Å²) in [6.07, 6.45) is 3.90. The highest BCUT2D eigenvalue weighted by Gasteiger charge is 2.23. The highest BCUT2D eigenvalue weighted by molar-refractivity contribution is 5.76. The SMILES string of the molecule is NCCC(=O)NCC1CCCCN1Cc1ccc(-c2ccccc2)o1. The van der Waals surface area contributed by atoms with E-state index in [1.807, 2.05) is 24.3 Å². The standard InChI is InChI=1S/C20H27N3O2/c21-12-11-20(24)22-14-17-8-4-5-13-23(17)15-18-9-10-19(25-18)16-6-2-1-3-7-16/h1-3,6-7,9-10,17H,4-5,8,11-15,21H2,(H,22,24). The second-order valence-corrected chi connectivity index (χ2v) is 6.59. The maximum absolute atomic E-state index is 11.7. The minimum atomic E-state index is 0.0392. The van der Waals surface area contributed by atoms with Crippen LogP contribution < -0.4 is 11.1 Å². The fraction of sp³-hybridized carbons (Fsp3) is 0.450. The number of likely N-dealkylation sites (tertiary alicyclic amines) is 1. The van der Waals surface area contributed by atoms with E-state index in [-0.39, 0.29) is 5.91 Å². The number of nitrogens with zero attached hydrogens (tertiary/aromatic N) is 1. The van der Waals surface area contributed by atoms with E-state index >= 15 is 0 Å². The van der Waals surface area contributed by atoms with Gasteiger partial charge in [-0.05, 0) is 31.5 Å². The van der Waals surface area contributed by atoms with E-state index in [1.165, 1.54) is 12.8 Å². The number of furan rings is 1. The largest absolute Gasteiger partial charge is 0.460 e. The van der Waals surface area contributed by atoms with E-state index in [0.29, 0.717) is 25.6 Å². The molecule has 2 aromatic rings. The van der Waals surface area contributed by atoms with E-state index in [2.05, 4.69) is 28.4 Å². The van der Waals surface area contributed by atoms with Gasteiger partial charge in [0.1, 0.15) is 11.5 Å². The van der Waals surface area contributed by atoms with Crippen LogP contribution in [0.5, 0.6) is 0 Å². The number of benzene rings is 1. The smallest absolute Gasteiger partial charge is 0.221 e. The van der Waals surface area contributed by atoms with Crippen molar-refractivity contribution in [2.75, 3.05) is 19.6 Å². The molecule has 1 aliphatic rings. The maximum Gasteiger partial charge on any atom is 0.221 e. The van der Waals surface area contributed by atoms with Crippen LogP contribution in [0.1, 0.15) is 31.4 Å². The zero-order chi connectivity index (χ0) is 17.5. The number of nitrogens with two attached hydrogens (primary N) is 1. The topological polar surface area (TPSA) is 71.5 Å². The Morgan fingerprint density at radius 1 is 1.20 bits per heavy atom. The molecule has 1 aromatic heterocycles. The fourth-order valence-corrected chi connectivity index (χ4v) is 3.37. The molecule has 0 radical (unpaired) electrons. The highest BCUT2D eigenvalue weighted by Crippen LogP contribution is 2.25. The molecule has 0 bridgehead atoms. The summed E-state index contributed by atoms with van der Waals surface area (Å²) in [5.41, 5.74) is 6.53. The molecule has 0 spiro atoms. The first-order valence-corrected chi connectivity index (χ1v) is 9.11. The molecule has 25 heavy (non-hydrogen) atoms. The second kappa shape index (κ2) is 8.83. The Bertz CT molecular complexity index is 669. The normalized spacial score (nSPS) is 18.2. The minimum Gasteiger partial charge on any atom is -0.460 e. The molecule has 1 atom stereocenters. The molecular weight excluding hydrogens is 314 g/mol. The van der Waals surface area contributed by atoms with Crippen LogP contribution >= 0.6 is 0 Å². The molecule has 1 amide bonds. The van der Waals surface area contributed by atoms with Crippen LogP contribution in [0.15, 0.2) is 46.9 Å². The first-order chi connectivity index (χ1) is 12.3. The van der Waals surface area contributed by atoms with Gasteiger partial charge in [-0.1, -0.05) is 36.8 Å². The lowest BCUT2D eigenvalue weighted by Gasteiger charge is -2.35. The predicted octanol–water partition coefficient (Wildman–Crippen LogP) is 2.77. The van der Waals surface area contributed by atoms with E-state index in [1.54, 1.807) is 0 Å². The third-order valence-electron chi connectivity index (χ3n) is 4.73. The molecule has 134 valence electrons. The van der Waals surface area contributed by atoms with Gasteiger partial charge in [-0.25, -0.2) is 0 Å². The molecule has 3 N–H and O–H groups in total. The van der Waals surface area contributed by atoms with Gasteiger partial charge in [0, 0.05) is 31.1 Å². The van der Waals surface area contributed by atoms with Crippen molar-refractivity contribution in [1.29, 1.82) is 0 Å². The average molecular weight is 341 g/mol. The first-order valence-electron chi connectivity index (χ1n) is 9.11. The Hall–Kier alpha value is -2.11. The quantitative estimate of drug-likeness (QED) is 0.812. The molecule has 5 nitrogen and oxygen atoms in total. The van der Waals surface area contributed by atoms with Crippen LogP contribution in [0.2, 0.25) is 0 Å². The molecule has 5 heteroatoms. The summed E-state index contributed by atoms with van der Waals surface area (Å²) >= 11 is 0.